The van der Waals surface area contributed by atoms with E-state index in [0.29, 0.717) is 13.0 Å². The highest BCUT2D eigenvalue weighted by molar-refractivity contribution is 7.99. The Morgan fingerprint density at radius 1 is 0.762 bits per heavy atom. The summed E-state index contributed by atoms with van der Waals surface area (Å²) in [5.74, 6) is 1.82. The number of thioether (sulfide) groups is 1. The molecule has 0 aromatic carbocycles. The van der Waals surface area contributed by atoms with Crippen LogP contribution >= 0.6 is 11.8 Å². The molecule has 0 fully saturated rings. The van der Waals surface area contributed by atoms with Crippen LogP contribution < -0.4 is 0 Å². The molecule has 1 N–H and O–H groups in total. The smallest absolute Gasteiger partial charge is 0.305 e. The molecule has 0 aromatic heterocycles. The second kappa shape index (κ2) is 42.6. The lowest BCUT2D eigenvalue weighted by Crippen LogP contribution is -2.22. The van der Waals surface area contributed by atoms with Crippen molar-refractivity contribution in [3.8, 4) is 0 Å². The normalized spacial score (nSPS) is 12.0. The van der Waals surface area contributed by atoms with Crippen molar-refractivity contribution >= 4 is 17.7 Å². The first kappa shape index (κ1) is 48.4. The summed E-state index contributed by atoms with van der Waals surface area (Å²) in [6.45, 7) is 21.5. The zero-order valence-electron chi connectivity index (χ0n) is 30.5. The van der Waals surface area contributed by atoms with Gasteiger partial charge in [0.2, 0.25) is 0 Å². The summed E-state index contributed by atoms with van der Waals surface area (Å²) < 4.78 is 5.31. The summed E-state index contributed by atoms with van der Waals surface area (Å²) in [5.41, 5.74) is -0.531. The highest BCUT2D eigenvalue weighted by Crippen LogP contribution is 2.18. The number of carbonyl (C=O) groups excluding carboxylic acids is 1. The third kappa shape index (κ3) is 46.4. The summed E-state index contributed by atoms with van der Waals surface area (Å²) in [7, 11) is 2.14. The van der Waals surface area contributed by atoms with Crippen LogP contribution in [0.25, 0.3) is 0 Å². The van der Waals surface area contributed by atoms with Crippen LogP contribution in [0.3, 0.4) is 0 Å². The summed E-state index contributed by atoms with van der Waals surface area (Å²) in [5, 5.41) is 9.95. The highest BCUT2D eigenvalue weighted by atomic mass is 32.2. The molecule has 0 saturated carbocycles. The van der Waals surface area contributed by atoms with E-state index in [9.17, 15) is 9.90 Å². The van der Waals surface area contributed by atoms with Crippen molar-refractivity contribution in [2.45, 2.75) is 183 Å². The van der Waals surface area contributed by atoms with Crippen molar-refractivity contribution in [1.82, 2.24) is 4.90 Å². The van der Waals surface area contributed by atoms with Gasteiger partial charge in [-0.05, 0) is 90.6 Å². The summed E-state index contributed by atoms with van der Waals surface area (Å²) in [6, 6.07) is 0. The minimum Gasteiger partial charge on any atom is -0.465 e. The topological polar surface area (TPSA) is 49.8 Å². The Kier molecular flexibility index (Phi) is 49.1. The molecule has 1 atom stereocenters. The molecule has 4 nitrogen and oxygen atoms in total. The maximum absolute atomic E-state index is 11.8. The Labute approximate surface area is 270 Å². The van der Waals surface area contributed by atoms with Gasteiger partial charge < -0.3 is 14.7 Å². The molecular formula is C37H79NO3S. The van der Waals surface area contributed by atoms with Crippen molar-refractivity contribution < 1.29 is 14.6 Å². The zero-order chi connectivity index (χ0) is 32.7. The lowest BCUT2D eigenvalue weighted by Gasteiger charge is -2.20. The van der Waals surface area contributed by atoms with Gasteiger partial charge in [-0.3, -0.25) is 4.79 Å². The Morgan fingerprint density at radius 3 is 1.76 bits per heavy atom. The minimum absolute atomic E-state index is 0.0489. The average Bonchev–Trinajstić information content (AvgIpc) is 3.01. The van der Waals surface area contributed by atoms with Crippen molar-refractivity contribution in [2.24, 2.45) is 0 Å². The van der Waals surface area contributed by atoms with Crippen LogP contribution in [0.1, 0.15) is 178 Å². The molecule has 0 radical (unpaired) electrons. The quantitative estimate of drug-likeness (QED) is 0.0594. The first-order chi connectivity index (χ1) is 20.3. The van der Waals surface area contributed by atoms with Gasteiger partial charge in [0, 0.05) is 12.2 Å². The van der Waals surface area contributed by atoms with Crippen molar-refractivity contribution in [3.63, 3.8) is 0 Å². The molecule has 0 heterocycles. The van der Waals surface area contributed by atoms with Gasteiger partial charge in [-0.2, -0.15) is 11.8 Å². The molecule has 0 aliphatic heterocycles. The van der Waals surface area contributed by atoms with Crippen molar-refractivity contribution in [2.75, 3.05) is 38.2 Å². The molecule has 0 spiro atoms. The molecular weight excluding hydrogens is 538 g/mol. The Hall–Kier alpha value is -0.520. The Balaban J connectivity index is -0.000000560. The number of esters is 1. The Bertz CT molecular complexity index is 511. The summed E-state index contributed by atoms with van der Waals surface area (Å²) >= 11 is 1.80. The monoisotopic (exact) mass is 618 g/mol. The van der Waals surface area contributed by atoms with E-state index in [1.54, 1.807) is 11.8 Å². The molecule has 256 valence electrons. The maximum Gasteiger partial charge on any atom is 0.305 e. The second-order valence-corrected chi connectivity index (χ2v) is 12.2. The molecule has 0 aromatic rings. The molecule has 5 heteroatoms. The number of nitrogens with zero attached hydrogens (tertiary/aromatic N) is 1. The molecule has 0 aliphatic carbocycles. The van der Waals surface area contributed by atoms with E-state index in [4.69, 9.17) is 4.74 Å². The van der Waals surface area contributed by atoms with Crippen LogP contribution in [0.5, 0.6) is 0 Å². The number of hydrogen-bond acceptors (Lipinski definition) is 5. The van der Waals surface area contributed by atoms with Crippen LogP contribution in [0.4, 0.5) is 0 Å². The number of unbranched alkanes of at least 4 members (excludes halogenated alkanes) is 11. The largest absolute Gasteiger partial charge is 0.465 e. The van der Waals surface area contributed by atoms with Gasteiger partial charge in [-0.15, -0.1) is 0 Å². The van der Waals surface area contributed by atoms with Gasteiger partial charge in [0.15, 0.2) is 0 Å². The van der Waals surface area contributed by atoms with Crippen LogP contribution in [-0.4, -0.2) is 59.8 Å². The first-order valence-electron chi connectivity index (χ1n) is 18.1. The fourth-order valence-electron chi connectivity index (χ4n) is 4.00. The number of allylic oxidation sites excluding steroid dienone is 2. The van der Waals surface area contributed by atoms with Gasteiger partial charge in [-0.1, -0.05) is 119 Å². The number of carbonyl (C=O) groups is 1. The van der Waals surface area contributed by atoms with Crippen LogP contribution in [0.15, 0.2) is 12.2 Å². The lowest BCUT2D eigenvalue weighted by molar-refractivity contribution is -0.143. The number of rotatable bonds is 26. The fraction of sp³-hybridized carbons (Fsp3) is 0.919. The molecule has 1 unspecified atom stereocenters. The van der Waals surface area contributed by atoms with Gasteiger partial charge >= 0.3 is 5.97 Å². The van der Waals surface area contributed by atoms with Gasteiger partial charge in [0.05, 0.1) is 5.60 Å². The zero-order valence-corrected chi connectivity index (χ0v) is 31.4. The predicted octanol–water partition coefficient (Wildman–Crippen LogP) is 11.6. The number of ether oxygens (including phenoxy) is 1. The number of hydrogen-bond donors (Lipinski definition) is 1. The van der Waals surface area contributed by atoms with Crippen LogP contribution in [0.2, 0.25) is 0 Å². The SMILES string of the molecule is CC.CC.CCCCCCCC/C=C\CCCCCCCC(=O)OCCSCCCC(C)(O)CC.CCCN(C)CC. The van der Waals surface area contributed by atoms with Crippen molar-refractivity contribution in [1.29, 1.82) is 0 Å². The Morgan fingerprint density at radius 2 is 1.29 bits per heavy atom. The molecule has 0 saturated heterocycles. The van der Waals surface area contributed by atoms with Crippen LogP contribution in [0, 0.1) is 0 Å². The van der Waals surface area contributed by atoms with Gasteiger partial charge in [-0.25, -0.2) is 0 Å². The van der Waals surface area contributed by atoms with E-state index in [-0.39, 0.29) is 5.97 Å². The van der Waals surface area contributed by atoms with Crippen LogP contribution in [-0.2, 0) is 9.53 Å². The summed E-state index contributed by atoms with van der Waals surface area (Å²) in [4.78, 5) is 14.1. The molecule has 0 aliphatic rings. The lowest BCUT2D eigenvalue weighted by atomic mass is 9.98. The van der Waals surface area contributed by atoms with E-state index in [1.165, 1.54) is 90.1 Å². The van der Waals surface area contributed by atoms with Gasteiger partial charge in [0.25, 0.3) is 0 Å². The van der Waals surface area contributed by atoms with E-state index in [0.717, 1.165) is 43.6 Å². The van der Waals surface area contributed by atoms with E-state index >= 15 is 0 Å². The third-order valence-electron chi connectivity index (χ3n) is 7.04. The maximum atomic E-state index is 11.8. The summed E-state index contributed by atoms with van der Waals surface area (Å²) in [6.07, 6.45) is 25.7. The van der Waals surface area contributed by atoms with Gasteiger partial charge in [0.1, 0.15) is 6.61 Å². The standard InChI is InChI=1S/C27H52O3S.C6H15N.2C2H6/c1-4-6-7-8-9-10-11-12-13-14-15-16-17-18-19-21-26(28)30-23-25-31-24-20-22-27(3,29)5-2;1-4-6-7(3)5-2;2*1-2/h12-13,29H,4-11,14-25H2,1-3H3;4-6H2,1-3H3;2*1-2H3/b13-12-;;;. The molecule has 0 bridgehead atoms. The third-order valence-corrected chi connectivity index (χ3v) is 8.08. The fourth-order valence-corrected chi connectivity index (χ4v) is 4.75. The second-order valence-electron chi connectivity index (χ2n) is 11.0. The molecule has 0 rings (SSSR count). The highest BCUT2D eigenvalue weighted by Gasteiger charge is 2.16. The number of aliphatic hydroxyl groups is 1. The van der Waals surface area contributed by atoms with E-state index < -0.39 is 5.60 Å². The van der Waals surface area contributed by atoms with E-state index in [1.807, 2.05) is 41.5 Å². The van der Waals surface area contributed by atoms with Crippen molar-refractivity contribution in [3.05, 3.63) is 12.2 Å². The predicted molar refractivity (Wildman–Crippen MR) is 194 cm³/mol. The van der Waals surface area contributed by atoms with E-state index in [2.05, 4.69) is 44.9 Å². The minimum atomic E-state index is -0.531. The first-order valence-corrected chi connectivity index (χ1v) is 19.3. The molecule has 0 amide bonds. The average molecular weight is 618 g/mol. The molecule has 42 heavy (non-hydrogen) atoms.